The number of hydroxylamine groups is 1. The fraction of sp³-hybridized carbons (Fsp3) is 0.478. The SMILES string of the molecule is Cc1cc(C[C@H](CCCCN[C@@H](c2ccc(F)cn2)C(C)C)C(=O)NO)cc(Cl)c1F. The van der Waals surface area contributed by atoms with Crippen LogP contribution >= 0.6 is 11.6 Å². The minimum atomic E-state index is -0.471. The van der Waals surface area contributed by atoms with Gasteiger partial charge in [0.2, 0.25) is 5.91 Å². The second-order valence-electron chi connectivity index (χ2n) is 8.16. The van der Waals surface area contributed by atoms with Crippen molar-refractivity contribution in [3.05, 3.63) is 63.9 Å². The third kappa shape index (κ3) is 7.52. The number of rotatable bonds is 11. The number of nitrogens with zero attached hydrogens (tertiary/aromatic N) is 1. The highest BCUT2D eigenvalue weighted by Gasteiger charge is 2.20. The molecule has 8 heteroatoms. The molecule has 1 aromatic heterocycles. The van der Waals surface area contributed by atoms with E-state index >= 15 is 0 Å². The van der Waals surface area contributed by atoms with E-state index in [4.69, 9.17) is 16.8 Å². The summed E-state index contributed by atoms with van der Waals surface area (Å²) in [4.78, 5) is 16.3. The van der Waals surface area contributed by atoms with E-state index in [9.17, 15) is 13.6 Å². The molecule has 0 aliphatic carbocycles. The zero-order valence-corrected chi connectivity index (χ0v) is 18.8. The van der Waals surface area contributed by atoms with Crippen LogP contribution in [0.15, 0.2) is 30.5 Å². The molecule has 5 nitrogen and oxygen atoms in total. The maximum Gasteiger partial charge on any atom is 0.246 e. The molecule has 0 aliphatic heterocycles. The van der Waals surface area contributed by atoms with Crippen molar-refractivity contribution in [2.45, 2.75) is 52.5 Å². The number of carbonyl (C=O) groups excluding carboxylic acids is 1. The average molecular weight is 454 g/mol. The molecular weight excluding hydrogens is 424 g/mol. The van der Waals surface area contributed by atoms with Crippen LogP contribution in [0.4, 0.5) is 8.78 Å². The summed E-state index contributed by atoms with van der Waals surface area (Å²) in [5.74, 6) is -1.48. The first-order chi connectivity index (χ1) is 14.7. The number of benzene rings is 1. The first-order valence-electron chi connectivity index (χ1n) is 10.5. The molecule has 0 fully saturated rings. The van der Waals surface area contributed by atoms with Crippen LogP contribution in [0.25, 0.3) is 0 Å². The molecular formula is C23H30ClF2N3O2. The molecule has 3 N–H and O–H groups in total. The van der Waals surface area contributed by atoms with E-state index in [2.05, 4.69) is 24.1 Å². The molecule has 0 saturated heterocycles. The molecule has 0 radical (unpaired) electrons. The normalized spacial score (nSPS) is 13.3. The Bertz CT molecular complexity index is 839. The molecule has 2 aromatic rings. The quantitative estimate of drug-likeness (QED) is 0.250. The lowest BCUT2D eigenvalue weighted by Gasteiger charge is -2.22. The van der Waals surface area contributed by atoms with Crippen LogP contribution in [0.1, 0.15) is 56.0 Å². The third-order valence-electron chi connectivity index (χ3n) is 5.31. The van der Waals surface area contributed by atoms with Gasteiger partial charge in [0.15, 0.2) is 0 Å². The van der Waals surface area contributed by atoms with Crippen LogP contribution in [0.3, 0.4) is 0 Å². The highest BCUT2D eigenvalue weighted by molar-refractivity contribution is 6.30. The van der Waals surface area contributed by atoms with Crippen molar-refractivity contribution >= 4 is 17.5 Å². The number of aryl methyl sites for hydroxylation is 1. The van der Waals surface area contributed by atoms with Crippen LogP contribution < -0.4 is 10.8 Å². The van der Waals surface area contributed by atoms with Crippen LogP contribution in [0, 0.1) is 30.4 Å². The molecule has 0 aliphatic rings. The number of halogens is 3. The highest BCUT2D eigenvalue weighted by Crippen LogP contribution is 2.24. The van der Waals surface area contributed by atoms with Gasteiger partial charge >= 0.3 is 0 Å². The molecule has 170 valence electrons. The van der Waals surface area contributed by atoms with E-state index in [-0.39, 0.29) is 22.8 Å². The number of hydrogen-bond acceptors (Lipinski definition) is 4. The largest absolute Gasteiger partial charge is 0.308 e. The second-order valence-corrected chi connectivity index (χ2v) is 8.57. The lowest BCUT2D eigenvalue weighted by atomic mass is 9.92. The van der Waals surface area contributed by atoms with Crippen LogP contribution in [0.5, 0.6) is 0 Å². The number of carbonyl (C=O) groups is 1. The van der Waals surface area contributed by atoms with Crippen LogP contribution in [-0.4, -0.2) is 22.6 Å². The van der Waals surface area contributed by atoms with Gasteiger partial charge in [0.25, 0.3) is 0 Å². The van der Waals surface area contributed by atoms with Crippen LogP contribution in [-0.2, 0) is 11.2 Å². The third-order valence-corrected chi connectivity index (χ3v) is 5.59. The molecule has 0 saturated carbocycles. The van der Waals surface area contributed by atoms with Crippen molar-refractivity contribution in [2.24, 2.45) is 11.8 Å². The van der Waals surface area contributed by atoms with Crippen molar-refractivity contribution in [3.8, 4) is 0 Å². The molecule has 0 spiro atoms. The first-order valence-corrected chi connectivity index (χ1v) is 10.8. The molecule has 1 amide bonds. The maximum atomic E-state index is 13.7. The van der Waals surface area contributed by atoms with Gasteiger partial charge in [0, 0.05) is 5.92 Å². The first kappa shape index (κ1) is 25.2. The van der Waals surface area contributed by atoms with Gasteiger partial charge in [0.05, 0.1) is 23.0 Å². The summed E-state index contributed by atoms with van der Waals surface area (Å²) in [5.41, 5.74) is 3.68. The van der Waals surface area contributed by atoms with Crippen molar-refractivity contribution in [3.63, 3.8) is 0 Å². The number of nitrogens with one attached hydrogen (secondary N) is 2. The van der Waals surface area contributed by atoms with Crippen molar-refractivity contribution in [2.75, 3.05) is 6.54 Å². The predicted molar refractivity (Wildman–Crippen MR) is 117 cm³/mol. The van der Waals surface area contributed by atoms with Crippen molar-refractivity contribution < 1.29 is 18.8 Å². The summed E-state index contributed by atoms with van der Waals surface area (Å²) in [7, 11) is 0. The molecule has 31 heavy (non-hydrogen) atoms. The smallest absolute Gasteiger partial charge is 0.246 e. The fourth-order valence-electron chi connectivity index (χ4n) is 3.64. The van der Waals surface area contributed by atoms with Gasteiger partial charge in [-0.25, -0.2) is 14.3 Å². The van der Waals surface area contributed by atoms with E-state index in [1.165, 1.54) is 18.3 Å². The standard InChI is InChI=1S/C23H30ClF2N3O2/c1-14(2)22(20-8-7-18(25)13-28-20)27-9-5-4-6-17(23(30)29-31)11-16-10-15(3)21(26)19(24)12-16/h7-8,10,12-14,17,22,27,31H,4-6,9,11H2,1-3H3,(H,29,30)/t17-,22+/m0/s1. The number of pyridine rings is 1. The lowest BCUT2D eigenvalue weighted by Crippen LogP contribution is -2.30. The molecule has 1 aromatic carbocycles. The van der Waals surface area contributed by atoms with E-state index in [1.54, 1.807) is 24.5 Å². The Morgan fingerprint density at radius 3 is 2.55 bits per heavy atom. The number of aromatic nitrogens is 1. The lowest BCUT2D eigenvalue weighted by molar-refractivity contribution is -0.133. The minimum Gasteiger partial charge on any atom is -0.308 e. The number of unbranched alkanes of at least 4 members (excludes halogenated alkanes) is 1. The summed E-state index contributed by atoms with van der Waals surface area (Å²) in [6.45, 7) is 6.47. The Kier molecular flexibility index (Phi) is 9.81. The zero-order chi connectivity index (χ0) is 23.0. The Morgan fingerprint density at radius 2 is 1.97 bits per heavy atom. The van der Waals surface area contributed by atoms with Crippen molar-refractivity contribution in [1.82, 2.24) is 15.8 Å². The zero-order valence-electron chi connectivity index (χ0n) is 18.1. The van der Waals surface area contributed by atoms with Gasteiger partial charge in [-0.2, -0.15) is 0 Å². The van der Waals surface area contributed by atoms with Crippen molar-refractivity contribution in [1.29, 1.82) is 0 Å². The van der Waals surface area contributed by atoms with E-state index in [1.807, 2.05) is 0 Å². The van der Waals surface area contributed by atoms with Gasteiger partial charge < -0.3 is 5.32 Å². The van der Waals surface area contributed by atoms with E-state index in [0.717, 1.165) is 24.1 Å². The minimum absolute atomic E-state index is 0.00136. The molecule has 2 atom stereocenters. The predicted octanol–water partition coefficient (Wildman–Crippen LogP) is 5.14. The average Bonchev–Trinajstić information content (AvgIpc) is 2.73. The Morgan fingerprint density at radius 1 is 1.23 bits per heavy atom. The van der Waals surface area contributed by atoms with Gasteiger partial charge in [-0.1, -0.05) is 37.9 Å². The topological polar surface area (TPSA) is 74.2 Å². The highest BCUT2D eigenvalue weighted by atomic mass is 35.5. The Labute approximate surface area is 187 Å². The second kappa shape index (κ2) is 12.1. The Hall–Kier alpha value is -2.09. The van der Waals surface area contributed by atoms with E-state index < -0.39 is 17.6 Å². The molecule has 1 heterocycles. The molecule has 0 unspecified atom stereocenters. The number of hydrogen-bond donors (Lipinski definition) is 3. The number of amides is 1. The summed E-state index contributed by atoms with van der Waals surface area (Å²) < 4.78 is 26.9. The summed E-state index contributed by atoms with van der Waals surface area (Å²) >= 11 is 5.92. The van der Waals surface area contributed by atoms with Gasteiger partial charge in [0.1, 0.15) is 11.6 Å². The summed E-state index contributed by atoms with van der Waals surface area (Å²) in [6, 6.07) is 6.28. The maximum absolute atomic E-state index is 13.7. The summed E-state index contributed by atoms with van der Waals surface area (Å²) in [5, 5.41) is 12.6. The van der Waals surface area contributed by atoms with Gasteiger partial charge in [-0.3, -0.25) is 15.0 Å². The Balaban J connectivity index is 1.89. The monoisotopic (exact) mass is 453 g/mol. The molecule has 2 rings (SSSR count). The summed E-state index contributed by atoms with van der Waals surface area (Å²) in [6.07, 6.45) is 3.69. The van der Waals surface area contributed by atoms with Gasteiger partial charge in [-0.05, 0) is 68.0 Å². The van der Waals surface area contributed by atoms with E-state index in [0.29, 0.717) is 24.9 Å². The fourth-order valence-corrected chi connectivity index (χ4v) is 3.93. The van der Waals surface area contributed by atoms with Gasteiger partial charge in [-0.15, -0.1) is 0 Å². The molecule has 0 bridgehead atoms. The van der Waals surface area contributed by atoms with Crippen LogP contribution in [0.2, 0.25) is 5.02 Å².